The molecular formula is C19H38N2OSi3. The number of carbonyl (C=O) groups excluding carboxylic acids is 1. The third-order valence-corrected chi connectivity index (χ3v) is 46.9. The van der Waals surface area contributed by atoms with Gasteiger partial charge < -0.3 is 9.88 Å². The number of amides is 2. The molecule has 3 nitrogen and oxygen atoms in total. The molecule has 6 heteroatoms. The van der Waals surface area contributed by atoms with Crippen LogP contribution in [0.25, 0.3) is 0 Å². The monoisotopic (exact) mass is 394 g/mol. The Bertz CT molecular complexity index is 543. The molecule has 2 amide bonds. The second-order valence-corrected chi connectivity index (χ2v) is 38.8. The molecule has 5 aliphatic rings. The van der Waals surface area contributed by atoms with Crippen molar-refractivity contribution in [2.75, 3.05) is 7.05 Å². The highest BCUT2D eigenvalue weighted by atomic mass is 29.6. The van der Waals surface area contributed by atoms with Crippen molar-refractivity contribution in [1.29, 1.82) is 0 Å². The highest BCUT2D eigenvalue weighted by Gasteiger charge is 2.72. The topological polar surface area (TPSA) is 32.3 Å². The minimum atomic E-state index is -1.87. The molecule has 5 rings (SSSR count). The summed E-state index contributed by atoms with van der Waals surface area (Å²) in [6, 6.07) is 0.275. The van der Waals surface area contributed by atoms with Gasteiger partial charge in [-0.25, -0.2) is 4.79 Å². The van der Waals surface area contributed by atoms with Crippen LogP contribution < -0.4 is 5.32 Å². The van der Waals surface area contributed by atoms with Gasteiger partial charge in [0.05, 0.1) is 15.2 Å². The van der Waals surface area contributed by atoms with Gasteiger partial charge in [-0.1, -0.05) is 39.3 Å². The van der Waals surface area contributed by atoms with Crippen molar-refractivity contribution < 1.29 is 4.79 Å². The molecule has 1 heterocycles. The number of hydrogen-bond acceptors (Lipinski definition) is 1. The summed E-state index contributed by atoms with van der Waals surface area (Å²) in [5, 5.41) is 3.68. The molecule has 1 aliphatic heterocycles. The number of urea groups is 1. The lowest BCUT2D eigenvalue weighted by molar-refractivity contribution is -0.0577. The summed E-state index contributed by atoms with van der Waals surface area (Å²) in [5.41, 5.74) is 0.978. The van der Waals surface area contributed by atoms with Gasteiger partial charge in [0, 0.05) is 12.7 Å². The normalized spacial score (nSPS) is 42.8. The molecule has 0 radical (unpaired) electrons. The molecule has 1 unspecified atom stereocenters. The van der Waals surface area contributed by atoms with E-state index in [1.54, 1.807) is 0 Å². The standard InChI is InChI=1S/C19H38N2OSi3/c1-21-18(22)20-17(25(21,23(2,3)4)24(5,6)7)19-11-14-8-15(12-19)10-16(9-14)13-19/h14-17H,8-13H2,1-7H3,(H,20,22). The first kappa shape index (κ1) is 18.3. The Kier molecular flexibility index (Phi) is 3.84. The van der Waals surface area contributed by atoms with Crippen molar-refractivity contribution >= 4 is 28.5 Å². The maximum atomic E-state index is 13.1. The van der Waals surface area contributed by atoms with Gasteiger partial charge in [-0.05, 0) is 61.7 Å². The molecule has 4 bridgehead atoms. The Morgan fingerprint density at radius 3 is 1.68 bits per heavy atom. The lowest BCUT2D eigenvalue weighted by Gasteiger charge is -2.64. The first-order valence-corrected chi connectivity index (χ1v) is 21.5. The zero-order valence-corrected chi connectivity index (χ0v) is 20.4. The summed E-state index contributed by atoms with van der Waals surface area (Å²) in [6.07, 6.45) is 8.73. The molecule has 0 aromatic carbocycles. The van der Waals surface area contributed by atoms with Crippen LogP contribution in [-0.2, 0) is 0 Å². The third kappa shape index (κ3) is 2.29. The average molecular weight is 395 g/mol. The molecule has 0 spiro atoms. The molecule has 0 aromatic rings. The molecular weight excluding hydrogens is 356 g/mol. The molecule has 1 saturated heterocycles. The van der Waals surface area contributed by atoms with Crippen LogP contribution in [0.3, 0.4) is 0 Å². The molecule has 0 aromatic heterocycles. The molecule has 25 heavy (non-hydrogen) atoms. The number of hydrogen-bond donors (Lipinski definition) is 1. The van der Waals surface area contributed by atoms with Crippen molar-refractivity contribution in [3.8, 4) is 0 Å². The van der Waals surface area contributed by atoms with Crippen LogP contribution in [0.4, 0.5) is 4.79 Å². The van der Waals surface area contributed by atoms with E-state index >= 15 is 0 Å². The minimum Gasteiger partial charge on any atom is -0.357 e. The maximum Gasteiger partial charge on any atom is 0.308 e. The summed E-state index contributed by atoms with van der Waals surface area (Å²) < 4.78 is 2.36. The largest absolute Gasteiger partial charge is 0.357 e. The first-order chi connectivity index (χ1) is 11.4. The van der Waals surface area contributed by atoms with Gasteiger partial charge in [0.15, 0.2) is 7.27 Å². The second-order valence-electron chi connectivity index (χ2n) is 12.0. The Labute approximate surface area is 157 Å². The zero-order chi connectivity index (χ0) is 18.4. The highest BCUT2D eigenvalue weighted by molar-refractivity contribution is 7.68. The molecule has 4 saturated carbocycles. The Balaban J connectivity index is 1.86. The summed E-state index contributed by atoms with van der Waals surface area (Å²) in [7, 11) is -2.66. The SMILES string of the molecule is CN1C(=O)NC(C23CC4CC(CC(C4)C2)C3)[Si]1([Si](C)(C)C)[Si](C)(C)C. The van der Waals surface area contributed by atoms with Gasteiger partial charge in [-0.2, -0.15) is 0 Å². The smallest absolute Gasteiger partial charge is 0.308 e. The molecule has 4 aliphatic carbocycles. The van der Waals surface area contributed by atoms with Gasteiger partial charge in [-0.15, -0.1) is 0 Å². The van der Waals surface area contributed by atoms with E-state index in [2.05, 4.69) is 56.2 Å². The minimum absolute atomic E-state index is 0.275. The molecule has 1 N–H and O–H groups in total. The van der Waals surface area contributed by atoms with Crippen molar-refractivity contribution in [3.05, 3.63) is 0 Å². The van der Waals surface area contributed by atoms with Crippen LogP contribution in [-0.4, -0.2) is 45.8 Å². The van der Waals surface area contributed by atoms with E-state index in [1.165, 1.54) is 38.5 Å². The average Bonchev–Trinajstić information content (AvgIpc) is 2.70. The predicted molar refractivity (Wildman–Crippen MR) is 113 cm³/mol. The van der Waals surface area contributed by atoms with E-state index in [-0.39, 0.29) is 6.03 Å². The van der Waals surface area contributed by atoms with E-state index in [1.807, 2.05) is 0 Å². The fourth-order valence-corrected chi connectivity index (χ4v) is 58.3. The Morgan fingerprint density at radius 1 is 0.920 bits per heavy atom. The number of carbonyl (C=O) groups is 1. The lowest BCUT2D eigenvalue weighted by Crippen LogP contribution is -2.85. The number of rotatable bonds is 3. The van der Waals surface area contributed by atoms with Crippen LogP contribution in [0.1, 0.15) is 38.5 Å². The third-order valence-electron chi connectivity index (χ3n) is 8.50. The lowest BCUT2D eigenvalue weighted by atomic mass is 9.49. The van der Waals surface area contributed by atoms with Crippen molar-refractivity contribution in [2.45, 2.75) is 83.5 Å². The van der Waals surface area contributed by atoms with Gasteiger partial charge in [0.25, 0.3) is 0 Å². The van der Waals surface area contributed by atoms with E-state index in [0.717, 1.165) is 17.8 Å². The van der Waals surface area contributed by atoms with E-state index < -0.39 is 22.5 Å². The van der Waals surface area contributed by atoms with E-state index in [9.17, 15) is 4.79 Å². The van der Waals surface area contributed by atoms with Gasteiger partial charge >= 0.3 is 6.03 Å². The van der Waals surface area contributed by atoms with Gasteiger partial charge in [-0.3, -0.25) is 0 Å². The quantitative estimate of drug-likeness (QED) is 0.700. The van der Waals surface area contributed by atoms with Crippen LogP contribution in [0.5, 0.6) is 0 Å². The van der Waals surface area contributed by atoms with E-state index in [4.69, 9.17) is 0 Å². The van der Waals surface area contributed by atoms with Crippen LogP contribution in [0, 0.1) is 23.2 Å². The zero-order valence-electron chi connectivity index (χ0n) is 17.4. The van der Waals surface area contributed by atoms with Crippen LogP contribution >= 0.6 is 0 Å². The first-order valence-electron chi connectivity index (χ1n) is 10.4. The molecule has 1 atom stereocenters. The molecule has 5 fully saturated rings. The summed E-state index contributed by atoms with van der Waals surface area (Å²) in [6.45, 7) is 15.5. The van der Waals surface area contributed by atoms with Gasteiger partial charge in [0.1, 0.15) is 0 Å². The van der Waals surface area contributed by atoms with Crippen LogP contribution in [0.2, 0.25) is 39.3 Å². The highest BCUT2D eigenvalue weighted by Crippen LogP contribution is 2.63. The number of nitrogens with zero attached hydrogens (tertiary/aromatic N) is 1. The maximum absolute atomic E-state index is 13.1. The Morgan fingerprint density at radius 2 is 1.32 bits per heavy atom. The fraction of sp³-hybridized carbons (Fsp3) is 0.947. The van der Waals surface area contributed by atoms with Crippen molar-refractivity contribution in [2.24, 2.45) is 23.2 Å². The van der Waals surface area contributed by atoms with Crippen molar-refractivity contribution in [1.82, 2.24) is 9.88 Å². The number of nitrogens with one attached hydrogen (secondary N) is 1. The second kappa shape index (κ2) is 5.25. The fourth-order valence-electron chi connectivity index (χ4n) is 8.80. The Hall–Kier alpha value is -0.0794. The van der Waals surface area contributed by atoms with Crippen molar-refractivity contribution in [3.63, 3.8) is 0 Å². The molecule has 142 valence electrons. The van der Waals surface area contributed by atoms with Gasteiger partial charge in [0.2, 0.25) is 0 Å². The summed E-state index contributed by atoms with van der Waals surface area (Å²) >= 11 is 0. The summed E-state index contributed by atoms with van der Waals surface area (Å²) in [5.74, 6) is 2.89. The predicted octanol–water partition coefficient (Wildman–Crippen LogP) is 4.54. The van der Waals surface area contributed by atoms with Crippen LogP contribution in [0.15, 0.2) is 0 Å². The summed E-state index contributed by atoms with van der Waals surface area (Å²) in [4.78, 5) is 13.1. The van der Waals surface area contributed by atoms with E-state index in [0.29, 0.717) is 11.1 Å².